The topological polar surface area (TPSA) is 178 Å². The van der Waals surface area contributed by atoms with Crippen LogP contribution in [0.25, 0.3) is 34.1 Å². The minimum Gasteiger partial charge on any atom is -1.00 e. The number of hydrogen-bond donors (Lipinski definition) is 2. The first-order chi connectivity index (χ1) is 16.5. The predicted molar refractivity (Wildman–Crippen MR) is 120 cm³/mol. The third-order valence-corrected chi connectivity index (χ3v) is 5.03. The third-order valence-electron chi connectivity index (χ3n) is 5.03. The summed E-state index contributed by atoms with van der Waals surface area (Å²) in [5, 5.41) is 26.6. The van der Waals surface area contributed by atoms with Crippen molar-refractivity contribution < 1.29 is 52.8 Å². The van der Waals surface area contributed by atoms with Crippen molar-refractivity contribution in [1.29, 1.82) is 0 Å². The Kier molecular flexibility index (Phi) is 7.32. The normalized spacial score (nSPS) is 10.6. The van der Waals surface area contributed by atoms with Crippen LogP contribution in [0.5, 0.6) is 0 Å². The molecule has 2 N–H and O–H groups in total. The standard InChI is InChI=1S/2C10H8N6O.K.H/c2*1-6-3-2-4-16-9(6)11-5-7(10(16)17)8-12-14-15-13-8;;/h2*2-5H,1H3,(H,12,13,14,15);;/q;;+1;-1. The zero-order valence-electron chi connectivity index (χ0n) is 19.9. The van der Waals surface area contributed by atoms with Crippen LogP contribution in [-0.4, -0.2) is 60.0 Å². The molecule has 0 radical (unpaired) electrons. The molecule has 6 aromatic rings. The van der Waals surface area contributed by atoms with Crippen molar-refractivity contribution in [3.8, 4) is 22.8 Å². The van der Waals surface area contributed by atoms with Crippen LogP contribution in [0.1, 0.15) is 12.6 Å². The van der Waals surface area contributed by atoms with Crippen molar-refractivity contribution in [3.05, 3.63) is 80.9 Å². The molecule has 170 valence electrons. The van der Waals surface area contributed by atoms with Crippen LogP contribution >= 0.6 is 0 Å². The summed E-state index contributed by atoms with van der Waals surface area (Å²) in [4.78, 5) is 32.8. The quantitative estimate of drug-likeness (QED) is 0.243. The van der Waals surface area contributed by atoms with Gasteiger partial charge in [0, 0.05) is 24.8 Å². The van der Waals surface area contributed by atoms with E-state index in [1.807, 2.05) is 26.0 Å². The van der Waals surface area contributed by atoms with Gasteiger partial charge in [-0.2, -0.15) is 10.4 Å². The average Bonchev–Trinajstić information content (AvgIpc) is 3.56. The molecule has 0 aromatic carbocycles. The van der Waals surface area contributed by atoms with Crippen LogP contribution in [0.2, 0.25) is 0 Å². The van der Waals surface area contributed by atoms with E-state index >= 15 is 0 Å². The third kappa shape index (κ3) is 4.71. The summed E-state index contributed by atoms with van der Waals surface area (Å²) in [7, 11) is 0. The molecule has 0 unspecified atom stereocenters. The number of aromatic nitrogens is 12. The predicted octanol–water partition coefficient (Wildman–Crippen LogP) is -2.52. The Labute approximate surface area is 239 Å². The molecule has 15 heteroatoms. The fraction of sp³-hybridized carbons (Fsp3) is 0.100. The Hall–Kier alpha value is -3.50. The van der Waals surface area contributed by atoms with Crippen molar-refractivity contribution in [2.45, 2.75) is 13.8 Å². The van der Waals surface area contributed by atoms with E-state index in [9.17, 15) is 9.59 Å². The van der Waals surface area contributed by atoms with E-state index in [1.165, 1.54) is 21.2 Å². The number of hydrogen-bond acceptors (Lipinski definition) is 10. The number of aromatic amines is 2. The molecular formula is C20H17KN12O2. The molecular weight excluding hydrogens is 479 g/mol. The van der Waals surface area contributed by atoms with E-state index in [4.69, 9.17) is 0 Å². The Balaban J connectivity index is 0.000000190. The maximum absolute atomic E-state index is 12.2. The van der Waals surface area contributed by atoms with Gasteiger partial charge in [-0.1, -0.05) is 12.1 Å². The molecule has 0 aliphatic heterocycles. The van der Waals surface area contributed by atoms with Crippen molar-refractivity contribution >= 4 is 11.3 Å². The van der Waals surface area contributed by atoms with Crippen molar-refractivity contribution in [2.24, 2.45) is 0 Å². The van der Waals surface area contributed by atoms with Gasteiger partial charge in [-0.25, -0.2) is 9.97 Å². The van der Waals surface area contributed by atoms with Gasteiger partial charge in [0.1, 0.15) is 22.4 Å². The SMILES string of the molecule is Cc1cccn2c(=O)c(-c3nn[nH]n3)cnc12.Cc1cccn2c(=O)c(-c3nn[nH]n3)cnc12.[H-].[K+]. The second-order valence-electron chi connectivity index (χ2n) is 7.19. The van der Waals surface area contributed by atoms with E-state index in [-0.39, 0.29) is 75.6 Å². The first kappa shape index (κ1) is 24.6. The molecule has 35 heavy (non-hydrogen) atoms. The van der Waals surface area contributed by atoms with Crippen molar-refractivity contribution in [1.82, 2.24) is 60.0 Å². The Morgan fingerprint density at radius 3 is 1.54 bits per heavy atom. The van der Waals surface area contributed by atoms with Crippen molar-refractivity contribution in [2.75, 3.05) is 0 Å². The van der Waals surface area contributed by atoms with E-state index in [2.05, 4.69) is 51.2 Å². The first-order valence-corrected chi connectivity index (χ1v) is 9.96. The fourth-order valence-electron chi connectivity index (χ4n) is 3.35. The van der Waals surface area contributed by atoms with Crippen molar-refractivity contribution in [3.63, 3.8) is 0 Å². The molecule has 6 rings (SSSR count). The molecule has 14 nitrogen and oxygen atoms in total. The molecule has 0 saturated carbocycles. The molecule has 6 heterocycles. The monoisotopic (exact) mass is 496 g/mol. The van der Waals surface area contributed by atoms with Gasteiger partial charge in [-0.15, -0.1) is 20.4 Å². The Bertz CT molecular complexity index is 1600. The fourth-order valence-corrected chi connectivity index (χ4v) is 3.35. The minimum absolute atomic E-state index is 0. The maximum Gasteiger partial charge on any atom is 1.00 e. The van der Waals surface area contributed by atoms with Gasteiger partial charge in [0.15, 0.2) is 0 Å². The van der Waals surface area contributed by atoms with Crippen LogP contribution < -0.4 is 62.5 Å². The van der Waals surface area contributed by atoms with Crippen LogP contribution in [0.4, 0.5) is 0 Å². The average molecular weight is 497 g/mol. The zero-order valence-corrected chi connectivity index (χ0v) is 22.0. The summed E-state index contributed by atoms with van der Waals surface area (Å²) in [5.74, 6) is 0.497. The van der Waals surface area contributed by atoms with Gasteiger partial charge < -0.3 is 1.43 Å². The first-order valence-electron chi connectivity index (χ1n) is 9.96. The van der Waals surface area contributed by atoms with Gasteiger partial charge in [0.25, 0.3) is 11.1 Å². The number of H-pyrrole nitrogens is 2. The number of fused-ring (bicyclic) bond motifs is 2. The number of pyridine rings is 2. The van der Waals surface area contributed by atoms with Crippen LogP contribution in [0.15, 0.2) is 58.6 Å². The molecule has 0 bridgehead atoms. The molecule has 0 saturated heterocycles. The molecule has 0 fully saturated rings. The van der Waals surface area contributed by atoms with E-state index in [0.29, 0.717) is 22.4 Å². The van der Waals surface area contributed by atoms with E-state index in [0.717, 1.165) is 11.1 Å². The van der Waals surface area contributed by atoms with E-state index < -0.39 is 0 Å². The largest absolute Gasteiger partial charge is 1.00 e. The summed E-state index contributed by atoms with van der Waals surface area (Å²) in [6.07, 6.45) is 6.27. The summed E-state index contributed by atoms with van der Waals surface area (Å²) < 4.78 is 2.95. The zero-order chi connectivity index (χ0) is 23.7. The summed E-state index contributed by atoms with van der Waals surface area (Å²) in [5.41, 5.74) is 3.35. The van der Waals surface area contributed by atoms with Crippen LogP contribution in [0, 0.1) is 13.8 Å². The summed E-state index contributed by atoms with van der Waals surface area (Å²) in [6, 6.07) is 7.39. The Morgan fingerprint density at radius 2 is 1.17 bits per heavy atom. The van der Waals surface area contributed by atoms with Crippen LogP contribution in [0.3, 0.4) is 0 Å². The molecule has 0 aliphatic rings. The van der Waals surface area contributed by atoms with Gasteiger partial charge in [-0.3, -0.25) is 18.4 Å². The van der Waals surface area contributed by atoms with E-state index in [1.54, 1.807) is 24.5 Å². The summed E-state index contributed by atoms with van der Waals surface area (Å²) >= 11 is 0. The number of aryl methyl sites for hydroxylation is 2. The Morgan fingerprint density at radius 1 is 0.743 bits per heavy atom. The molecule has 0 atom stereocenters. The van der Waals surface area contributed by atoms with Gasteiger partial charge in [0.2, 0.25) is 11.6 Å². The number of nitrogens with one attached hydrogen (secondary N) is 2. The minimum atomic E-state index is -0.208. The number of nitrogens with zero attached hydrogens (tertiary/aromatic N) is 10. The van der Waals surface area contributed by atoms with Gasteiger partial charge in [-0.05, 0) is 47.5 Å². The number of tetrazole rings is 2. The molecule has 0 aliphatic carbocycles. The summed E-state index contributed by atoms with van der Waals surface area (Å²) in [6.45, 7) is 3.80. The maximum atomic E-state index is 12.2. The second kappa shape index (κ2) is 10.4. The van der Waals surface area contributed by atoms with Crippen LogP contribution in [-0.2, 0) is 0 Å². The smallest absolute Gasteiger partial charge is 1.00 e. The van der Waals surface area contributed by atoms with Gasteiger partial charge >= 0.3 is 51.4 Å². The van der Waals surface area contributed by atoms with Gasteiger partial charge in [0.05, 0.1) is 0 Å². The second-order valence-corrected chi connectivity index (χ2v) is 7.19. The molecule has 0 spiro atoms. The number of rotatable bonds is 2. The molecule has 0 amide bonds. The molecule has 6 aromatic heterocycles.